The predicted octanol–water partition coefficient (Wildman–Crippen LogP) is 1.98. The summed E-state index contributed by atoms with van der Waals surface area (Å²) in [5.74, 6) is -0.184. The molecule has 0 saturated heterocycles. The number of hydrogen-bond acceptors (Lipinski definition) is 3. The molecule has 1 aromatic rings. The van der Waals surface area contributed by atoms with Gasteiger partial charge in [-0.05, 0) is 37.3 Å². The molecule has 1 saturated carbocycles. The van der Waals surface area contributed by atoms with Crippen LogP contribution in [-0.4, -0.2) is 11.5 Å². The molecule has 0 bridgehead atoms. The first-order chi connectivity index (χ1) is 9.19. The molecule has 4 nitrogen and oxygen atoms in total. The zero-order valence-corrected chi connectivity index (χ0v) is 10.8. The zero-order chi connectivity index (χ0) is 13.3. The second-order valence-corrected chi connectivity index (χ2v) is 5.37. The van der Waals surface area contributed by atoms with Crippen LogP contribution in [0.25, 0.3) is 5.70 Å². The first-order valence-electron chi connectivity index (χ1n) is 6.70. The van der Waals surface area contributed by atoms with Crippen molar-refractivity contribution in [1.82, 2.24) is 5.48 Å². The first-order valence-corrected chi connectivity index (χ1v) is 6.70. The highest BCUT2D eigenvalue weighted by Gasteiger charge is 2.40. The maximum atomic E-state index is 11.2. The fraction of sp³-hybridized carbons (Fsp3) is 0.400. The Labute approximate surface area is 112 Å². The monoisotopic (exact) mass is 258 g/mol. The Morgan fingerprint density at radius 2 is 1.95 bits per heavy atom. The lowest BCUT2D eigenvalue weighted by atomic mass is 9.78. The Bertz CT molecular complexity index is 502. The predicted molar refractivity (Wildman–Crippen MR) is 72.5 cm³/mol. The van der Waals surface area contributed by atoms with Gasteiger partial charge in [-0.3, -0.25) is 15.1 Å². The minimum Gasteiger partial charge on any atom is -0.369 e. The molecule has 1 spiro atoms. The van der Waals surface area contributed by atoms with Crippen LogP contribution in [0.15, 0.2) is 36.4 Å². The minimum absolute atomic E-state index is 0.00315. The molecular formula is C15H18N2O2. The summed E-state index contributed by atoms with van der Waals surface area (Å²) in [6, 6.07) is 10.1. The van der Waals surface area contributed by atoms with Crippen molar-refractivity contribution >= 4 is 11.6 Å². The lowest BCUT2D eigenvalue weighted by Crippen LogP contribution is -2.38. The number of carbonyl (C=O) groups is 1. The molecule has 1 amide bonds. The molecule has 1 aliphatic heterocycles. The van der Waals surface area contributed by atoms with Gasteiger partial charge in [0.2, 0.25) is 5.91 Å². The van der Waals surface area contributed by atoms with Gasteiger partial charge in [-0.2, -0.15) is 0 Å². The lowest BCUT2D eigenvalue weighted by Gasteiger charge is -2.32. The van der Waals surface area contributed by atoms with Crippen LogP contribution < -0.4 is 11.2 Å². The summed E-state index contributed by atoms with van der Waals surface area (Å²) in [7, 11) is 0. The topological polar surface area (TPSA) is 64.4 Å². The van der Waals surface area contributed by atoms with Crippen LogP contribution in [0.5, 0.6) is 0 Å². The van der Waals surface area contributed by atoms with Crippen LogP contribution >= 0.6 is 0 Å². The average molecular weight is 258 g/mol. The van der Waals surface area contributed by atoms with E-state index in [1.54, 1.807) is 0 Å². The van der Waals surface area contributed by atoms with Crippen molar-refractivity contribution < 1.29 is 9.63 Å². The Hall–Kier alpha value is -1.81. The molecule has 1 aliphatic carbocycles. The fourth-order valence-corrected chi connectivity index (χ4v) is 2.88. The van der Waals surface area contributed by atoms with Gasteiger partial charge in [0.15, 0.2) is 0 Å². The van der Waals surface area contributed by atoms with E-state index in [9.17, 15) is 4.79 Å². The summed E-state index contributed by atoms with van der Waals surface area (Å²) in [4.78, 5) is 17.0. The first kappa shape index (κ1) is 12.2. The highest BCUT2D eigenvalue weighted by molar-refractivity contribution is 5.76. The van der Waals surface area contributed by atoms with Gasteiger partial charge < -0.3 is 5.73 Å². The third-order valence-corrected chi connectivity index (χ3v) is 4.09. The molecule has 19 heavy (non-hydrogen) atoms. The number of primary amides is 1. The number of hydrogen-bond donors (Lipinski definition) is 2. The quantitative estimate of drug-likeness (QED) is 0.852. The standard InChI is InChI=1S/C15H18N2O2/c16-14(18)12-6-8-15(9-7-12)10-13(17-19-15)11-4-2-1-3-5-11/h1-5,10,12,17H,6-9H2,(H2,16,18). The molecule has 1 aromatic carbocycles. The van der Waals surface area contributed by atoms with E-state index in [-0.39, 0.29) is 17.4 Å². The zero-order valence-electron chi connectivity index (χ0n) is 10.8. The van der Waals surface area contributed by atoms with Crippen LogP contribution in [0.1, 0.15) is 31.2 Å². The van der Waals surface area contributed by atoms with Crippen LogP contribution in [0.2, 0.25) is 0 Å². The number of nitrogens with one attached hydrogen (secondary N) is 1. The maximum Gasteiger partial charge on any atom is 0.220 e. The number of carbonyl (C=O) groups excluding carboxylic acids is 1. The van der Waals surface area contributed by atoms with Crippen molar-refractivity contribution in [3.05, 3.63) is 42.0 Å². The van der Waals surface area contributed by atoms with Crippen LogP contribution in [0, 0.1) is 5.92 Å². The summed E-state index contributed by atoms with van der Waals surface area (Å²) < 4.78 is 0. The normalized spacial score (nSPS) is 29.9. The molecule has 0 unspecified atom stereocenters. The largest absolute Gasteiger partial charge is 0.369 e. The second-order valence-electron chi connectivity index (χ2n) is 5.37. The molecule has 4 heteroatoms. The number of benzene rings is 1. The van der Waals surface area contributed by atoms with E-state index in [1.807, 2.05) is 18.2 Å². The fourth-order valence-electron chi connectivity index (χ4n) is 2.88. The second kappa shape index (κ2) is 4.70. The highest BCUT2D eigenvalue weighted by Crippen LogP contribution is 2.40. The minimum atomic E-state index is -0.267. The van der Waals surface area contributed by atoms with E-state index in [1.165, 1.54) is 0 Å². The van der Waals surface area contributed by atoms with Gasteiger partial charge in [-0.1, -0.05) is 30.3 Å². The Kier molecular flexibility index (Phi) is 3.03. The Morgan fingerprint density at radius 1 is 1.26 bits per heavy atom. The van der Waals surface area contributed by atoms with E-state index in [0.29, 0.717) is 0 Å². The third-order valence-electron chi connectivity index (χ3n) is 4.09. The Balaban J connectivity index is 1.75. The molecular weight excluding hydrogens is 240 g/mol. The molecule has 3 N–H and O–H groups in total. The van der Waals surface area contributed by atoms with E-state index >= 15 is 0 Å². The summed E-state index contributed by atoms with van der Waals surface area (Å²) in [6.45, 7) is 0. The molecule has 0 aromatic heterocycles. The van der Waals surface area contributed by atoms with E-state index in [4.69, 9.17) is 10.6 Å². The van der Waals surface area contributed by atoms with Crippen molar-refractivity contribution in [1.29, 1.82) is 0 Å². The van der Waals surface area contributed by atoms with Crippen LogP contribution in [-0.2, 0) is 9.63 Å². The Morgan fingerprint density at radius 3 is 2.58 bits per heavy atom. The number of nitrogens with two attached hydrogens (primary N) is 1. The molecule has 100 valence electrons. The van der Waals surface area contributed by atoms with Gasteiger partial charge in [-0.15, -0.1) is 0 Å². The summed E-state index contributed by atoms with van der Waals surface area (Å²) in [5, 5.41) is 0. The van der Waals surface area contributed by atoms with E-state index < -0.39 is 0 Å². The molecule has 3 rings (SSSR count). The van der Waals surface area contributed by atoms with Gasteiger partial charge >= 0.3 is 0 Å². The van der Waals surface area contributed by atoms with Gasteiger partial charge in [0.05, 0.1) is 5.70 Å². The van der Waals surface area contributed by atoms with Crippen molar-refractivity contribution in [2.24, 2.45) is 11.7 Å². The van der Waals surface area contributed by atoms with Crippen molar-refractivity contribution in [3.8, 4) is 0 Å². The molecule has 0 radical (unpaired) electrons. The van der Waals surface area contributed by atoms with Gasteiger partial charge in [-0.25, -0.2) is 0 Å². The molecule has 1 heterocycles. The maximum absolute atomic E-state index is 11.2. The van der Waals surface area contributed by atoms with Gasteiger partial charge in [0.25, 0.3) is 0 Å². The summed E-state index contributed by atoms with van der Waals surface area (Å²) in [5.41, 5.74) is 10.3. The van der Waals surface area contributed by atoms with Crippen molar-refractivity contribution in [3.63, 3.8) is 0 Å². The summed E-state index contributed by atoms with van der Waals surface area (Å²) in [6.07, 6.45) is 5.43. The SMILES string of the molecule is NC(=O)C1CCC2(C=C(c3ccccc3)NO2)CC1. The average Bonchev–Trinajstić information content (AvgIpc) is 2.84. The third kappa shape index (κ3) is 2.36. The van der Waals surface area contributed by atoms with Crippen LogP contribution in [0.3, 0.4) is 0 Å². The molecule has 1 fully saturated rings. The number of hydroxylamine groups is 1. The van der Waals surface area contributed by atoms with Crippen LogP contribution in [0.4, 0.5) is 0 Å². The smallest absolute Gasteiger partial charge is 0.220 e. The van der Waals surface area contributed by atoms with Gasteiger partial charge in [0, 0.05) is 5.92 Å². The lowest BCUT2D eigenvalue weighted by molar-refractivity contribution is -0.125. The molecule has 2 aliphatic rings. The number of amides is 1. The van der Waals surface area contributed by atoms with Gasteiger partial charge in [0.1, 0.15) is 5.60 Å². The van der Waals surface area contributed by atoms with E-state index in [2.05, 4.69) is 23.7 Å². The molecule has 0 atom stereocenters. The van der Waals surface area contributed by atoms with Crippen molar-refractivity contribution in [2.75, 3.05) is 0 Å². The van der Waals surface area contributed by atoms with Crippen molar-refractivity contribution in [2.45, 2.75) is 31.3 Å². The highest BCUT2D eigenvalue weighted by atomic mass is 16.7. The number of rotatable bonds is 2. The summed E-state index contributed by atoms with van der Waals surface area (Å²) >= 11 is 0. The van der Waals surface area contributed by atoms with E-state index in [0.717, 1.165) is 36.9 Å².